The van der Waals surface area contributed by atoms with Gasteiger partial charge < -0.3 is 30.8 Å². The third-order valence-corrected chi connectivity index (χ3v) is 8.27. The maximum atomic E-state index is 12.8. The zero-order valence-electron chi connectivity index (χ0n) is 22.6. The van der Waals surface area contributed by atoms with Crippen molar-refractivity contribution in [3.05, 3.63) is 0 Å². The van der Waals surface area contributed by atoms with Gasteiger partial charge in [0.15, 0.2) is 0 Å². The lowest BCUT2D eigenvalue weighted by atomic mass is 9.41. The normalized spacial score (nSPS) is 28.5. The van der Waals surface area contributed by atoms with E-state index >= 15 is 0 Å². The molecule has 10 heteroatoms. The van der Waals surface area contributed by atoms with Crippen molar-refractivity contribution in [2.75, 3.05) is 13.2 Å². The molecule has 3 saturated carbocycles. The van der Waals surface area contributed by atoms with Gasteiger partial charge in [0, 0.05) is 13.0 Å². The topological polar surface area (TPSA) is 140 Å². The Hall–Kier alpha value is -1.65. The molecule has 3 fully saturated rings. The summed E-state index contributed by atoms with van der Waals surface area (Å²) >= 11 is 0. The van der Waals surface area contributed by atoms with E-state index in [9.17, 15) is 19.4 Å². The summed E-state index contributed by atoms with van der Waals surface area (Å²) < 4.78 is 11.2. The summed E-state index contributed by atoms with van der Waals surface area (Å²) in [6.45, 7) is 14.7. The van der Waals surface area contributed by atoms with Crippen molar-refractivity contribution < 1.29 is 28.8 Å². The van der Waals surface area contributed by atoms with E-state index < -0.39 is 36.6 Å². The average Bonchev–Trinajstić information content (AvgIpc) is 2.76. The monoisotopic (exact) mass is 495 g/mol. The van der Waals surface area contributed by atoms with E-state index in [1.54, 1.807) is 6.92 Å². The van der Waals surface area contributed by atoms with Crippen LogP contribution in [0.3, 0.4) is 0 Å². The SMILES string of the molecule is CCOC(=O)CCC(=O)NC[C@H](N)C(=O)N[C@@H](CC(C)C)B(O)O[C@]1(C)[C@H](C)C[C@@H]2C[C@H]1C2(C)C. The van der Waals surface area contributed by atoms with Crippen LogP contribution in [0.4, 0.5) is 0 Å². The minimum Gasteiger partial charge on any atom is -0.466 e. The molecule has 0 aromatic carbocycles. The first-order valence-electron chi connectivity index (χ1n) is 13.1. The molecule has 35 heavy (non-hydrogen) atoms. The van der Waals surface area contributed by atoms with Crippen LogP contribution in [0.5, 0.6) is 0 Å². The van der Waals surface area contributed by atoms with Crippen LogP contribution in [0, 0.1) is 29.1 Å². The number of hydrogen-bond acceptors (Lipinski definition) is 7. The highest BCUT2D eigenvalue weighted by Gasteiger charge is 2.63. The van der Waals surface area contributed by atoms with Crippen LogP contribution in [0.1, 0.15) is 80.6 Å². The molecule has 2 amide bonds. The van der Waals surface area contributed by atoms with Crippen molar-refractivity contribution in [1.82, 2.24) is 10.6 Å². The van der Waals surface area contributed by atoms with Gasteiger partial charge in [0.25, 0.3) is 0 Å². The van der Waals surface area contributed by atoms with Crippen LogP contribution in [-0.2, 0) is 23.8 Å². The maximum Gasteiger partial charge on any atom is 0.478 e. The predicted molar refractivity (Wildman–Crippen MR) is 135 cm³/mol. The smallest absolute Gasteiger partial charge is 0.466 e. The Morgan fingerprint density at radius 1 is 1.17 bits per heavy atom. The molecule has 3 aliphatic rings. The molecule has 0 aromatic rings. The first-order valence-corrected chi connectivity index (χ1v) is 13.1. The summed E-state index contributed by atoms with van der Waals surface area (Å²) in [6, 6.07) is -1.00. The molecule has 2 bridgehead atoms. The van der Waals surface area contributed by atoms with Crippen molar-refractivity contribution in [1.29, 1.82) is 0 Å². The highest BCUT2D eigenvalue weighted by Crippen LogP contribution is 2.65. The van der Waals surface area contributed by atoms with E-state index in [2.05, 4.69) is 38.3 Å². The molecule has 5 N–H and O–H groups in total. The molecule has 0 radical (unpaired) electrons. The summed E-state index contributed by atoms with van der Waals surface area (Å²) in [4.78, 5) is 36.1. The second-order valence-corrected chi connectivity index (χ2v) is 11.6. The third-order valence-electron chi connectivity index (χ3n) is 8.27. The number of rotatable bonds is 13. The maximum absolute atomic E-state index is 12.8. The minimum absolute atomic E-state index is 0.0309. The van der Waals surface area contributed by atoms with E-state index in [1.165, 1.54) is 0 Å². The van der Waals surface area contributed by atoms with Gasteiger partial charge in [0.2, 0.25) is 11.8 Å². The van der Waals surface area contributed by atoms with E-state index in [0.29, 0.717) is 24.2 Å². The third kappa shape index (κ3) is 7.20. The van der Waals surface area contributed by atoms with Crippen LogP contribution in [0.2, 0.25) is 0 Å². The second-order valence-electron chi connectivity index (χ2n) is 11.6. The number of nitrogens with one attached hydrogen (secondary N) is 2. The fourth-order valence-corrected chi connectivity index (χ4v) is 5.83. The largest absolute Gasteiger partial charge is 0.478 e. The Morgan fingerprint density at radius 3 is 2.40 bits per heavy atom. The Kier molecular flexibility index (Phi) is 10.2. The van der Waals surface area contributed by atoms with E-state index in [1.807, 2.05) is 13.8 Å². The predicted octanol–water partition coefficient (Wildman–Crippen LogP) is 1.80. The molecule has 200 valence electrons. The summed E-state index contributed by atoms with van der Waals surface area (Å²) in [5.41, 5.74) is 5.70. The van der Waals surface area contributed by atoms with Gasteiger partial charge in [-0.15, -0.1) is 0 Å². The van der Waals surface area contributed by atoms with Crippen LogP contribution in [0.25, 0.3) is 0 Å². The Labute approximate surface area is 210 Å². The number of ether oxygens (including phenoxy) is 1. The molecular weight excluding hydrogens is 449 g/mol. The lowest BCUT2D eigenvalue weighted by Gasteiger charge is -2.66. The molecule has 0 unspecified atom stereocenters. The van der Waals surface area contributed by atoms with Gasteiger partial charge in [-0.1, -0.05) is 34.6 Å². The molecule has 0 spiro atoms. The number of nitrogens with two attached hydrogens (primary N) is 1. The lowest BCUT2D eigenvalue weighted by Crippen LogP contribution is -2.67. The molecule has 6 atom stereocenters. The number of carbonyl (C=O) groups is 3. The van der Waals surface area contributed by atoms with Gasteiger partial charge in [-0.05, 0) is 62.2 Å². The molecule has 0 heterocycles. The molecule has 9 nitrogen and oxygen atoms in total. The minimum atomic E-state index is -1.17. The van der Waals surface area contributed by atoms with Crippen LogP contribution < -0.4 is 16.4 Å². The first kappa shape index (κ1) is 29.6. The number of esters is 1. The number of amides is 2. The second kappa shape index (κ2) is 12.1. The van der Waals surface area contributed by atoms with Crippen molar-refractivity contribution >= 4 is 24.9 Å². The molecule has 0 aromatic heterocycles. The van der Waals surface area contributed by atoms with Crippen LogP contribution >= 0.6 is 0 Å². The Balaban J connectivity index is 1.93. The van der Waals surface area contributed by atoms with Crippen LogP contribution in [0.15, 0.2) is 0 Å². The van der Waals surface area contributed by atoms with Crippen molar-refractivity contribution in [2.45, 2.75) is 98.2 Å². The molecular formula is C25H46BN3O6. The average molecular weight is 495 g/mol. The van der Waals surface area contributed by atoms with Gasteiger partial charge in [-0.2, -0.15) is 0 Å². The van der Waals surface area contributed by atoms with Gasteiger partial charge in [-0.3, -0.25) is 14.4 Å². The molecule has 3 aliphatic carbocycles. The molecule has 0 saturated heterocycles. The zero-order chi connectivity index (χ0) is 26.6. The summed E-state index contributed by atoms with van der Waals surface area (Å²) in [6.07, 6.45) is 2.62. The van der Waals surface area contributed by atoms with Gasteiger partial charge in [0.05, 0.1) is 24.6 Å². The van der Waals surface area contributed by atoms with Gasteiger partial charge >= 0.3 is 13.1 Å². The Bertz CT molecular complexity index is 763. The molecule has 0 aliphatic heterocycles. The number of hydrogen-bond donors (Lipinski definition) is 4. The highest BCUT2D eigenvalue weighted by atomic mass is 16.5. The number of carbonyl (C=O) groups excluding carboxylic acids is 3. The van der Waals surface area contributed by atoms with Crippen molar-refractivity contribution in [3.63, 3.8) is 0 Å². The van der Waals surface area contributed by atoms with Crippen LogP contribution in [-0.4, -0.2) is 60.7 Å². The highest BCUT2D eigenvalue weighted by molar-refractivity contribution is 6.45. The first-order chi connectivity index (χ1) is 16.2. The van der Waals surface area contributed by atoms with Gasteiger partial charge in [-0.25, -0.2) is 0 Å². The van der Waals surface area contributed by atoms with E-state index in [0.717, 1.165) is 12.8 Å². The van der Waals surface area contributed by atoms with Crippen molar-refractivity contribution in [3.8, 4) is 0 Å². The molecule has 3 rings (SSSR count). The fraction of sp³-hybridized carbons (Fsp3) is 0.880. The Morgan fingerprint density at radius 2 is 1.83 bits per heavy atom. The summed E-state index contributed by atoms with van der Waals surface area (Å²) in [7, 11) is -1.17. The van der Waals surface area contributed by atoms with Crippen molar-refractivity contribution in [2.24, 2.45) is 34.8 Å². The number of fused-ring (bicyclic) bond motifs is 2. The summed E-state index contributed by atoms with van der Waals surface area (Å²) in [5.74, 6) is -0.391. The quantitative estimate of drug-likeness (QED) is 0.226. The zero-order valence-corrected chi connectivity index (χ0v) is 22.6. The lowest BCUT2D eigenvalue weighted by molar-refractivity contribution is -0.214. The van der Waals surface area contributed by atoms with Gasteiger partial charge in [0.1, 0.15) is 6.04 Å². The summed E-state index contributed by atoms with van der Waals surface area (Å²) in [5, 5.41) is 16.5. The standard InChI is InChI=1S/C25H46BN3O6/c1-8-34-22(31)10-9-21(30)28-14-18(27)23(32)29-20(11-15(2)3)26(33)35-25(7)16(4)12-17-13-19(25)24(17,5)6/h15-20,33H,8-14,27H2,1-7H3,(H,28,30)(H,29,32)/t16-,17-,18+,19+,20+,25-/m1/s1. The van der Waals surface area contributed by atoms with E-state index in [-0.39, 0.29) is 43.2 Å². The van der Waals surface area contributed by atoms with E-state index in [4.69, 9.17) is 15.1 Å². The fourth-order valence-electron chi connectivity index (χ4n) is 5.83.